The molecule has 0 bridgehead atoms. The van der Waals surface area contributed by atoms with Gasteiger partial charge in [-0.25, -0.2) is 0 Å². The van der Waals surface area contributed by atoms with Crippen LogP contribution in [0.3, 0.4) is 0 Å². The third-order valence-electron chi connectivity index (χ3n) is 2.84. The maximum atomic E-state index is 9.10. The molecular formula is C15H25NO. The van der Waals surface area contributed by atoms with Gasteiger partial charge in [0.05, 0.1) is 6.61 Å². The third kappa shape index (κ3) is 6.44. The van der Waals surface area contributed by atoms with Crippen molar-refractivity contribution in [1.29, 1.82) is 0 Å². The lowest BCUT2D eigenvalue weighted by Crippen LogP contribution is -2.29. The molecular weight excluding hydrogens is 210 g/mol. The summed E-state index contributed by atoms with van der Waals surface area (Å²) < 4.78 is 0. The van der Waals surface area contributed by atoms with E-state index < -0.39 is 0 Å². The number of benzene rings is 1. The average Bonchev–Trinajstić information content (AvgIpc) is 2.27. The van der Waals surface area contributed by atoms with Gasteiger partial charge in [0.15, 0.2) is 0 Å². The molecule has 0 saturated carbocycles. The summed E-state index contributed by atoms with van der Waals surface area (Å²) in [6.07, 6.45) is 1.15. The first-order chi connectivity index (χ1) is 8.01. The van der Waals surface area contributed by atoms with Gasteiger partial charge in [0, 0.05) is 13.1 Å². The summed E-state index contributed by atoms with van der Waals surface area (Å²) in [6.45, 7) is 9.73. The van der Waals surface area contributed by atoms with Crippen molar-refractivity contribution >= 4 is 0 Å². The van der Waals surface area contributed by atoms with E-state index in [1.807, 2.05) is 6.07 Å². The van der Waals surface area contributed by atoms with E-state index in [9.17, 15) is 0 Å². The van der Waals surface area contributed by atoms with E-state index >= 15 is 0 Å². The van der Waals surface area contributed by atoms with E-state index in [4.69, 9.17) is 5.11 Å². The Labute approximate surface area is 105 Å². The van der Waals surface area contributed by atoms with E-state index in [1.54, 1.807) is 0 Å². The first-order valence-corrected chi connectivity index (χ1v) is 6.38. The molecule has 0 aliphatic rings. The van der Waals surface area contributed by atoms with Crippen LogP contribution < -0.4 is 0 Å². The maximum absolute atomic E-state index is 9.10. The molecule has 0 amide bonds. The van der Waals surface area contributed by atoms with Gasteiger partial charge < -0.3 is 5.11 Å². The molecule has 1 aromatic carbocycles. The van der Waals surface area contributed by atoms with E-state index in [1.165, 1.54) is 5.56 Å². The van der Waals surface area contributed by atoms with Crippen molar-refractivity contribution < 1.29 is 5.11 Å². The Morgan fingerprint density at radius 3 is 2.24 bits per heavy atom. The van der Waals surface area contributed by atoms with Gasteiger partial charge in [-0.1, -0.05) is 51.1 Å². The highest BCUT2D eigenvalue weighted by atomic mass is 16.3. The summed E-state index contributed by atoms with van der Waals surface area (Å²) in [5.41, 5.74) is 1.67. The van der Waals surface area contributed by atoms with Crippen molar-refractivity contribution in [3.63, 3.8) is 0 Å². The normalized spacial score (nSPS) is 12.1. The second-order valence-electron chi connectivity index (χ2n) is 5.80. The predicted octanol–water partition coefficient (Wildman–Crippen LogP) is 2.92. The number of aliphatic hydroxyl groups is 1. The molecule has 0 unspecified atom stereocenters. The minimum Gasteiger partial charge on any atom is -0.395 e. The lowest BCUT2D eigenvalue weighted by Gasteiger charge is -2.26. The maximum Gasteiger partial charge on any atom is 0.0558 e. The molecule has 0 atom stereocenters. The van der Waals surface area contributed by atoms with Crippen LogP contribution in [0.25, 0.3) is 0 Å². The van der Waals surface area contributed by atoms with E-state index in [-0.39, 0.29) is 6.61 Å². The van der Waals surface area contributed by atoms with Gasteiger partial charge in [-0.2, -0.15) is 0 Å². The monoisotopic (exact) mass is 235 g/mol. The van der Waals surface area contributed by atoms with Crippen LogP contribution >= 0.6 is 0 Å². The molecule has 1 aromatic rings. The van der Waals surface area contributed by atoms with Gasteiger partial charge in [-0.15, -0.1) is 0 Å². The number of rotatable bonds is 6. The van der Waals surface area contributed by atoms with Crippen molar-refractivity contribution in [1.82, 2.24) is 4.90 Å². The lowest BCUT2D eigenvalue weighted by molar-refractivity contribution is 0.171. The largest absolute Gasteiger partial charge is 0.395 e. The van der Waals surface area contributed by atoms with E-state index in [0.29, 0.717) is 5.41 Å². The Morgan fingerprint density at radius 1 is 1.06 bits per heavy atom. The Kier molecular flexibility index (Phi) is 5.66. The van der Waals surface area contributed by atoms with Gasteiger partial charge in [0.25, 0.3) is 0 Å². The highest BCUT2D eigenvalue weighted by molar-refractivity contribution is 5.14. The van der Waals surface area contributed by atoms with Crippen LogP contribution in [0.1, 0.15) is 32.8 Å². The smallest absolute Gasteiger partial charge is 0.0558 e. The zero-order valence-corrected chi connectivity index (χ0v) is 11.3. The summed E-state index contributed by atoms with van der Waals surface area (Å²) in [7, 11) is 0. The summed E-state index contributed by atoms with van der Waals surface area (Å²) >= 11 is 0. The van der Waals surface area contributed by atoms with Gasteiger partial charge in [0.2, 0.25) is 0 Å². The first-order valence-electron chi connectivity index (χ1n) is 6.38. The Hall–Kier alpha value is -0.860. The molecule has 0 fully saturated rings. The van der Waals surface area contributed by atoms with Crippen molar-refractivity contribution in [2.75, 3.05) is 19.7 Å². The second kappa shape index (κ2) is 6.77. The molecule has 0 aliphatic heterocycles. The quantitative estimate of drug-likeness (QED) is 0.819. The molecule has 0 saturated heterocycles. The highest BCUT2D eigenvalue weighted by Gasteiger charge is 2.13. The molecule has 96 valence electrons. The van der Waals surface area contributed by atoms with Crippen LogP contribution in [0.4, 0.5) is 0 Å². The zero-order chi connectivity index (χ0) is 12.7. The third-order valence-corrected chi connectivity index (χ3v) is 2.84. The molecule has 1 N–H and O–H groups in total. The minimum absolute atomic E-state index is 0.233. The van der Waals surface area contributed by atoms with Crippen molar-refractivity contribution in [2.24, 2.45) is 5.41 Å². The van der Waals surface area contributed by atoms with Crippen LogP contribution in [0, 0.1) is 5.41 Å². The number of hydrogen-bond acceptors (Lipinski definition) is 2. The van der Waals surface area contributed by atoms with Crippen molar-refractivity contribution in [3.8, 4) is 0 Å². The van der Waals surface area contributed by atoms with Gasteiger partial charge in [0.1, 0.15) is 0 Å². The molecule has 0 aromatic heterocycles. The lowest BCUT2D eigenvalue weighted by atomic mass is 9.92. The fourth-order valence-corrected chi connectivity index (χ4v) is 1.75. The minimum atomic E-state index is 0.233. The van der Waals surface area contributed by atoms with Gasteiger partial charge in [-0.05, 0) is 23.9 Å². The van der Waals surface area contributed by atoms with E-state index in [0.717, 1.165) is 26.1 Å². The molecule has 0 radical (unpaired) electrons. The van der Waals surface area contributed by atoms with Crippen LogP contribution in [0.5, 0.6) is 0 Å². The SMILES string of the molecule is CC(C)(C)CCN(CCO)Cc1ccccc1. The number of nitrogens with zero attached hydrogens (tertiary/aromatic N) is 1. The molecule has 0 heterocycles. The standard InChI is InChI=1S/C15H25NO/c1-15(2,3)9-10-16(11-12-17)13-14-7-5-4-6-8-14/h4-8,17H,9-13H2,1-3H3. The fraction of sp³-hybridized carbons (Fsp3) is 0.600. The summed E-state index contributed by atoms with van der Waals surface area (Å²) in [4.78, 5) is 2.32. The van der Waals surface area contributed by atoms with Gasteiger partial charge >= 0.3 is 0 Å². The molecule has 0 aliphatic carbocycles. The molecule has 2 nitrogen and oxygen atoms in total. The Balaban J connectivity index is 2.49. The number of aliphatic hydroxyl groups excluding tert-OH is 1. The topological polar surface area (TPSA) is 23.5 Å². The molecule has 17 heavy (non-hydrogen) atoms. The molecule has 0 spiro atoms. The second-order valence-corrected chi connectivity index (χ2v) is 5.80. The van der Waals surface area contributed by atoms with Crippen LogP contribution in [0.15, 0.2) is 30.3 Å². The van der Waals surface area contributed by atoms with Crippen molar-refractivity contribution in [3.05, 3.63) is 35.9 Å². The Bertz CT molecular complexity index is 302. The highest BCUT2D eigenvalue weighted by Crippen LogP contribution is 2.19. The van der Waals surface area contributed by atoms with Crippen LogP contribution in [-0.4, -0.2) is 29.7 Å². The predicted molar refractivity (Wildman–Crippen MR) is 72.9 cm³/mol. The summed E-state index contributed by atoms with van der Waals surface area (Å²) in [5, 5.41) is 9.10. The first kappa shape index (κ1) is 14.2. The zero-order valence-electron chi connectivity index (χ0n) is 11.3. The van der Waals surface area contributed by atoms with Crippen molar-refractivity contribution in [2.45, 2.75) is 33.7 Å². The average molecular weight is 235 g/mol. The van der Waals surface area contributed by atoms with Crippen LogP contribution in [-0.2, 0) is 6.54 Å². The number of hydrogen-bond donors (Lipinski definition) is 1. The molecule has 1 rings (SSSR count). The summed E-state index contributed by atoms with van der Waals surface area (Å²) in [6, 6.07) is 10.4. The van der Waals surface area contributed by atoms with Crippen LogP contribution in [0.2, 0.25) is 0 Å². The summed E-state index contributed by atoms with van der Waals surface area (Å²) in [5.74, 6) is 0. The molecule has 2 heteroatoms. The van der Waals surface area contributed by atoms with Gasteiger partial charge in [-0.3, -0.25) is 4.90 Å². The fourth-order valence-electron chi connectivity index (χ4n) is 1.75. The van der Waals surface area contributed by atoms with E-state index in [2.05, 4.69) is 49.9 Å². The Morgan fingerprint density at radius 2 is 1.71 bits per heavy atom.